The van der Waals surface area contributed by atoms with Crippen LogP contribution in [-0.4, -0.2) is 25.9 Å². The number of amides is 1. The van der Waals surface area contributed by atoms with Gasteiger partial charge in [-0.05, 0) is 42.8 Å². The normalized spacial score (nSPS) is 15.8. The number of hydrogen-bond donors (Lipinski definition) is 0. The molecule has 0 spiro atoms. The molecule has 5 heteroatoms. The molecule has 0 saturated heterocycles. The summed E-state index contributed by atoms with van der Waals surface area (Å²) in [6.45, 7) is 2.05. The van der Waals surface area contributed by atoms with Gasteiger partial charge in [0.05, 0.1) is 25.4 Å². The number of halogens is 1. The Labute approximate surface area is 152 Å². The molecule has 0 saturated carbocycles. The average Bonchev–Trinajstić information content (AvgIpc) is 2.65. The SMILES string of the molecule is CCOC(=O)N1c2ccc(OC)cc2C=CC1/C=C/c1cccc(F)c1. The van der Waals surface area contributed by atoms with Crippen LogP contribution in [0.5, 0.6) is 5.75 Å². The molecule has 0 bridgehead atoms. The Bertz CT molecular complexity index is 860. The van der Waals surface area contributed by atoms with Crippen molar-refractivity contribution >= 4 is 23.9 Å². The number of carbonyl (C=O) groups is 1. The minimum absolute atomic E-state index is 0.283. The van der Waals surface area contributed by atoms with E-state index in [1.54, 1.807) is 43.2 Å². The highest BCUT2D eigenvalue weighted by atomic mass is 19.1. The lowest BCUT2D eigenvalue weighted by Gasteiger charge is -2.31. The number of hydrogen-bond acceptors (Lipinski definition) is 3. The van der Waals surface area contributed by atoms with Crippen molar-refractivity contribution < 1.29 is 18.7 Å². The van der Waals surface area contributed by atoms with E-state index in [1.165, 1.54) is 12.1 Å². The summed E-state index contributed by atoms with van der Waals surface area (Å²) in [6.07, 6.45) is 7.04. The Morgan fingerprint density at radius 2 is 2.12 bits per heavy atom. The first-order valence-electron chi connectivity index (χ1n) is 8.38. The summed E-state index contributed by atoms with van der Waals surface area (Å²) in [4.78, 5) is 14.1. The fraction of sp³-hybridized carbons (Fsp3) is 0.190. The number of carbonyl (C=O) groups excluding carboxylic acids is 1. The van der Waals surface area contributed by atoms with Crippen molar-refractivity contribution in [1.82, 2.24) is 0 Å². The Kier molecular flexibility index (Phi) is 5.37. The number of fused-ring (bicyclic) bond motifs is 1. The maximum absolute atomic E-state index is 13.4. The quantitative estimate of drug-likeness (QED) is 0.784. The van der Waals surface area contributed by atoms with Gasteiger partial charge in [0.15, 0.2) is 0 Å². The maximum atomic E-state index is 13.4. The molecule has 1 heterocycles. The first kappa shape index (κ1) is 17.7. The lowest BCUT2D eigenvalue weighted by atomic mass is 10.0. The zero-order valence-corrected chi connectivity index (χ0v) is 14.7. The van der Waals surface area contributed by atoms with Gasteiger partial charge in [-0.1, -0.05) is 36.4 Å². The van der Waals surface area contributed by atoms with Gasteiger partial charge in [-0.2, -0.15) is 0 Å². The van der Waals surface area contributed by atoms with E-state index < -0.39 is 6.09 Å². The van der Waals surface area contributed by atoms with Crippen LogP contribution in [0.2, 0.25) is 0 Å². The summed E-state index contributed by atoms with van der Waals surface area (Å²) in [7, 11) is 1.60. The summed E-state index contributed by atoms with van der Waals surface area (Å²) < 4.78 is 23.8. The molecule has 0 radical (unpaired) electrons. The second-order valence-corrected chi connectivity index (χ2v) is 5.76. The second kappa shape index (κ2) is 7.87. The van der Waals surface area contributed by atoms with E-state index in [0.717, 1.165) is 16.8 Å². The highest BCUT2D eigenvalue weighted by Gasteiger charge is 2.28. The molecule has 1 atom stereocenters. The van der Waals surface area contributed by atoms with Crippen molar-refractivity contribution in [2.24, 2.45) is 0 Å². The molecule has 3 rings (SSSR count). The zero-order chi connectivity index (χ0) is 18.5. The molecular weight excluding hydrogens is 333 g/mol. The molecular formula is C21H20FNO3. The van der Waals surface area contributed by atoms with Crippen LogP contribution in [0.4, 0.5) is 14.9 Å². The number of anilines is 1. The standard InChI is InChI=1S/C21H20FNO3/c1-3-26-21(24)23-18(9-7-15-5-4-6-17(22)13-15)10-8-16-14-19(25-2)11-12-20(16)23/h4-14,18H,3H2,1-2H3/b9-7+. The van der Waals surface area contributed by atoms with Crippen LogP contribution in [-0.2, 0) is 4.74 Å². The highest BCUT2D eigenvalue weighted by Crippen LogP contribution is 2.33. The van der Waals surface area contributed by atoms with Crippen molar-refractivity contribution in [3.63, 3.8) is 0 Å². The second-order valence-electron chi connectivity index (χ2n) is 5.76. The van der Waals surface area contributed by atoms with Gasteiger partial charge in [0.1, 0.15) is 11.6 Å². The molecule has 0 aliphatic carbocycles. The fourth-order valence-corrected chi connectivity index (χ4v) is 2.84. The number of ether oxygens (including phenoxy) is 2. The van der Waals surface area contributed by atoms with Crippen LogP contribution < -0.4 is 9.64 Å². The van der Waals surface area contributed by atoms with Gasteiger partial charge in [-0.25, -0.2) is 9.18 Å². The molecule has 2 aromatic carbocycles. The van der Waals surface area contributed by atoms with Gasteiger partial charge in [0.25, 0.3) is 0 Å². The van der Waals surface area contributed by atoms with Crippen LogP contribution in [0.25, 0.3) is 12.2 Å². The van der Waals surface area contributed by atoms with E-state index in [4.69, 9.17) is 9.47 Å². The van der Waals surface area contributed by atoms with E-state index in [-0.39, 0.29) is 18.5 Å². The molecule has 0 fully saturated rings. The number of nitrogens with zero attached hydrogens (tertiary/aromatic N) is 1. The van der Waals surface area contributed by atoms with Crippen molar-refractivity contribution in [3.8, 4) is 5.75 Å². The summed E-state index contributed by atoms with van der Waals surface area (Å²) in [6, 6.07) is 11.5. The predicted molar refractivity (Wildman–Crippen MR) is 101 cm³/mol. The summed E-state index contributed by atoms with van der Waals surface area (Å²) in [5.41, 5.74) is 2.33. The third-order valence-corrected chi connectivity index (χ3v) is 4.06. The van der Waals surface area contributed by atoms with Gasteiger partial charge < -0.3 is 9.47 Å². The Balaban J connectivity index is 1.95. The molecule has 1 unspecified atom stereocenters. The maximum Gasteiger partial charge on any atom is 0.415 e. The molecule has 1 aliphatic heterocycles. The lowest BCUT2D eigenvalue weighted by molar-refractivity contribution is 0.159. The van der Waals surface area contributed by atoms with E-state index >= 15 is 0 Å². The Morgan fingerprint density at radius 3 is 2.85 bits per heavy atom. The molecule has 26 heavy (non-hydrogen) atoms. The van der Waals surface area contributed by atoms with Gasteiger partial charge in [-0.15, -0.1) is 0 Å². The average molecular weight is 353 g/mol. The van der Waals surface area contributed by atoms with Crippen LogP contribution in [0.1, 0.15) is 18.1 Å². The van der Waals surface area contributed by atoms with Crippen LogP contribution >= 0.6 is 0 Å². The monoisotopic (exact) mass is 353 g/mol. The van der Waals surface area contributed by atoms with E-state index in [2.05, 4.69) is 0 Å². The molecule has 2 aromatic rings. The largest absolute Gasteiger partial charge is 0.497 e. The fourth-order valence-electron chi connectivity index (χ4n) is 2.84. The van der Waals surface area contributed by atoms with E-state index in [0.29, 0.717) is 5.75 Å². The molecule has 0 N–H and O–H groups in total. The van der Waals surface area contributed by atoms with E-state index in [1.807, 2.05) is 30.4 Å². The van der Waals surface area contributed by atoms with Crippen molar-refractivity contribution in [3.05, 3.63) is 71.6 Å². The molecule has 0 aromatic heterocycles. The zero-order valence-electron chi connectivity index (χ0n) is 14.7. The number of methoxy groups -OCH3 is 1. The summed E-state index contributed by atoms with van der Waals surface area (Å²) in [5, 5.41) is 0. The van der Waals surface area contributed by atoms with Crippen LogP contribution in [0.15, 0.2) is 54.6 Å². The lowest BCUT2D eigenvalue weighted by Crippen LogP contribution is -2.40. The first-order chi connectivity index (χ1) is 12.6. The third-order valence-electron chi connectivity index (χ3n) is 4.06. The topological polar surface area (TPSA) is 38.8 Å². The smallest absolute Gasteiger partial charge is 0.415 e. The Hall–Kier alpha value is -3.08. The predicted octanol–water partition coefficient (Wildman–Crippen LogP) is 4.91. The van der Waals surface area contributed by atoms with Gasteiger partial charge in [-0.3, -0.25) is 4.90 Å². The minimum atomic E-state index is -0.433. The number of benzene rings is 2. The minimum Gasteiger partial charge on any atom is -0.497 e. The summed E-state index contributed by atoms with van der Waals surface area (Å²) >= 11 is 0. The van der Waals surface area contributed by atoms with Crippen LogP contribution in [0.3, 0.4) is 0 Å². The van der Waals surface area contributed by atoms with Crippen molar-refractivity contribution in [2.75, 3.05) is 18.6 Å². The highest BCUT2D eigenvalue weighted by molar-refractivity contribution is 5.94. The van der Waals surface area contributed by atoms with E-state index in [9.17, 15) is 9.18 Å². The first-order valence-corrected chi connectivity index (χ1v) is 8.38. The molecule has 1 aliphatic rings. The van der Waals surface area contributed by atoms with Crippen LogP contribution in [0, 0.1) is 5.82 Å². The van der Waals surface area contributed by atoms with Gasteiger partial charge >= 0.3 is 6.09 Å². The molecule has 1 amide bonds. The number of rotatable bonds is 4. The van der Waals surface area contributed by atoms with Crippen molar-refractivity contribution in [2.45, 2.75) is 13.0 Å². The molecule has 4 nitrogen and oxygen atoms in total. The summed E-state index contributed by atoms with van der Waals surface area (Å²) in [5.74, 6) is 0.414. The van der Waals surface area contributed by atoms with Crippen molar-refractivity contribution in [1.29, 1.82) is 0 Å². The third kappa shape index (κ3) is 3.77. The van der Waals surface area contributed by atoms with Gasteiger partial charge in [0.2, 0.25) is 0 Å². The Morgan fingerprint density at radius 1 is 1.27 bits per heavy atom. The van der Waals surface area contributed by atoms with Gasteiger partial charge in [0, 0.05) is 5.56 Å². The molecule has 134 valence electrons.